The molecule has 1 N–H and O–H groups in total. The Morgan fingerprint density at radius 1 is 1.50 bits per heavy atom. The van der Waals surface area contributed by atoms with Crippen molar-refractivity contribution >= 4 is 17.2 Å². The van der Waals surface area contributed by atoms with Gasteiger partial charge in [-0.15, -0.1) is 0 Å². The molecule has 0 amide bonds. The standard InChI is InChI=1S/C9H9ClN4/c10-7-1-2-14-8(3-7)12-9(13-14)6-4-11-5-6/h1-3,6,11H,4-5H2. The molecule has 1 aliphatic rings. The number of pyridine rings is 1. The molecule has 1 aliphatic heterocycles. The number of aromatic nitrogens is 3. The number of hydrogen-bond acceptors (Lipinski definition) is 3. The molecule has 3 heterocycles. The van der Waals surface area contributed by atoms with Crippen LogP contribution in [0.4, 0.5) is 0 Å². The van der Waals surface area contributed by atoms with Crippen molar-refractivity contribution in [2.75, 3.05) is 13.1 Å². The predicted octanol–water partition coefficient (Wildman–Crippen LogP) is 1.07. The first-order valence-electron chi connectivity index (χ1n) is 4.55. The molecule has 72 valence electrons. The van der Waals surface area contributed by atoms with Gasteiger partial charge in [0.2, 0.25) is 0 Å². The Labute approximate surface area is 85.9 Å². The molecule has 0 bridgehead atoms. The first kappa shape index (κ1) is 8.20. The van der Waals surface area contributed by atoms with Crippen LogP contribution in [0.15, 0.2) is 18.3 Å². The van der Waals surface area contributed by atoms with Crippen LogP contribution in [0.25, 0.3) is 5.65 Å². The molecule has 5 heteroatoms. The van der Waals surface area contributed by atoms with E-state index in [-0.39, 0.29) is 0 Å². The van der Waals surface area contributed by atoms with E-state index in [0.29, 0.717) is 10.9 Å². The molecule has 3 rings (SSSR count). The third-order valence-corrected chi connectivity index (χ3v) is 2.70. The number of nitrogens with zero attached hydrogens (tertiary/aromatic N) is 3. The maximum Gasteiger partial charge on any atom is 0.157 e. The molecule has 0 radical (unpaired) electrons. The Hall–Kier alpha value is -1.13. The van der Waals surface area contributed by atoms with Crippen LogP contribution in [0.2, 0.25) is 5.02 Å². The van der Waals surface area contributed by atoms with E-state index in [0.717, 1.165) is 24.6 Å². The van der Waals surface area contributed by atoms with Crippen LogP contribution < -0.4 is 5.32 Å². The van der Waals surface area contributed by atoms with Crippen LogP contribution in [0.3, 0.4) is 0 Å². The average molecular weight is 209 g/mol. The zero-order valence-corrected chi connectivity index (χ0v) is 8.20. The highest BCUT2D eigenvalue weighted by atomic mass is 35.5. The Balaban J connectivity index is 2.10. The monoisotopic (exact) mass is 208 g/mol. The number of rotatable bonds is 1. The molecule has 0 unspecified atom stereocenters. The minimum atomic E-state index is 0.466. The zero-order valence-electron chi connectivity index (χ0n) is 7.44. The molecular weight excluding hydrogens is 200 g/mol. The molecule has 1 fully saturated rings. The fourth-order valence-corrected chi connectivity index (χ4v) is 1.67. The molecule has 0 saturated carbocycles. The number of nitrogens with one attached hydrogen (secondary N) is 1. The van der Waals surface area contributed by atoms with Gasteiger partial charge >= 0.3 is 0 Å². The number of halogens is 1. The fraction of sp³-hybridized carbons (Fsp3) is 0.333. The van der Waals surface area contributed by atoms with Crippen molar-refractivity contribution < 1.29 is 0 Å². The average Bonchev–Trinajstić information content (AvgIpc) is 2.43. The molecule has 2 aromatic rings. The SMILES string of the molecule is Clc1ccn2nc(C3CNC3)nc2c1. The van der Waals surface area contributed by atoms with E-state index < -0.39 is 0 Å². The first-order chi connectivity index (χ1) is 6.83. The molecule has 0 atom stereocenters. The Morgan fingerprint density at radius 2 is 2.36 bits per heavy atom. The van der Waals surface area contributed by atoms with Gasteiger partial charge in [-0.25, -0.2) is 9.50 Å². The highest BCUT2D eigenvalue weighted by molar-refractivity contribution is 6.30. The van der Waals surface area contributed by atoms with Crippen molar-refractivity contribution in [3.63, 3.8) is 0 Å². The minimum Gasteiger partial charge on any atom is -0.315 e. The zero-order chi connectivity index (χ0) is 9.54. The summed E-state index contributed by atoms with van der Waals surface area (Å²) in [6, 6.07) is 3.64. The summed E-state index contributed by atoms with van der Waals surface area (Å²) in [6.07, 6.45) is 1.83. The van der Waals surface area contributed by atoms with Gasteiger partial charge in [0.15, 0.2) is 11.5 Å². The summed E-state index contributed by atoms with van der Waals surface area (Å²) in [5.74, 6) is 1.37. The second kappa shape index (κ2) is 2.93. The molecule has 1 saturated heterocycles. The number of hydrogen-bond donors (Lipinski definition) is 1. The van der Waals surface area contributed by atoms with E-state index in [1.165, 1.54) is 0 Å². The summed E-state index contributed by atoms with van der Waals surface area (Å²) in [4.78, 5) is 4.42. The van der Waals surface area contributed by atoms with E-state index in [4.69, 9.17) is 11.6 Å². The van der Waals surface area contributed by atoms with Crippen molar-refractivity contribution in [2.24, 2.45) is 0 Å². The van der Waals surface area contributed by atoms with Gasteiger partial charge in [-0.1, -0.05) is 11.6 Å². The molecule has 14 heavy (non-hydrogen) atoms. The van der Waals surface area contributed by atoms with Gasteiger partial charge in [0, 0.05) is 36.3 Å². The lowest BCUT2D eigenvalue weighted by Gasteiger charge is -2.23. The van der Waals surface area contributed by atoms with Crippen LogP contribution >= 0.6 is 11.6 Å². The van der Waals surface area contributed by atoms with Gasteiger partial charge in [0.1, 0.15) is 0 Å². The summed E-state index contributed by atoms with van der Waals surface area (Å²) in [7, 11) is 0. The second-order valence-corrected chi connectivity index (χ2v) is 3.91. The van der Waals surface area contributed by atoms with Crippen molar-refractivity contribution in [2.45, 2.75) is 5.92 Å². The summed E-state index contributed by atoms with van der Waals surface area (Å²) in [5.41, 5.74) is 0.819. The topological polar surface area (TPSA) is 42.2 Å². The fourth-order valence-electron chi connectivity index (χ4n) is 1.52. The van der Waals surface area contributed by atoms with Gasteiger partial charge in [-0.05, 0) is 6.07 Å². The second-order valence-electron chi connectivity index (χ2n) is 3.47. The molecule has 0 aliphatic carbocycles. The van der Waals surface area contributed by atoms with Crippen molar-refractivity contribution in [3.8, 4) is 0 Å². The normalized spacial score (nSPS) is 17.2. The van der Waals surface area contributed by atoms with Gasteiger partial charge in [-0.2, -0.15) is 5.10 Å². The Morgan fingerprint density at radius 3 is 3.07 bits per heavy atom. The van der Waals surface area contributed by atoms with Gasteiger partial charge in [-0.3, -0.25) is 0 Å². The molecule has 2 aromatic heterocycles. The lowest BCUT2D eigenvalue weighted by molar-refractivity contribution is 0.430. The largest absolute Gasteiger partial charge is 0.315 e. The van der Waals surface area contributed by atoms with Crippen molar-refractivity contribution in [1.82, 2.24) is 19.9 Å². The van der Waals surface area contributed by atoms with Crippen LogP contribution in [-0.4, -0.2) is 27.7 Å². The van der Waals surface area contributed by atoms with E-state index in [1.807, 2.05) is 18.3 Å². The van der Waals surface area contributed by atoms with E-state index in [2.05, 4.69) is 15.4 Å². The highest BCUT2D eigenvalue weighted by Gasteiger charge is 2.23. The summed E-state index contributed by atoms with van der Waals surface area (Å²) < 4.78 is 1.76. The van der Waals surface area contributed by atoms with Gasteiger partial charge in [0.25, 0.3) is 0 Å². The lowest BCUT2D eigenvalue weighted by atomic mass is 10.0. The smallest absolute Gasteiger partial charge is 0.157 e. The van der Waals surface area contributed by atoms with Crippen molar-refractivity contribution in [1.29, 1.82) is 0 Å². The molecule has 0 aromatic carbocycles. The van der Waals surface area contributed by atoms with Crippen LogP contribution in [-0.2, 0) is 0 Å². The minimum absolute atomic E-state index is 0.466. The molecular formula is C9H9ClN4. The van der Waals surface area contributed by atoms with Crippen LogP contribution in [0.1, 0.15) is 11.7 Å². The van der Waals surface area contributed by atoms with E-state index in [9.17, 15) is 0 Å². The maximum atomic E-state index is 5.86. The molecule has 4 nitrogen and oxygen atoms in total. The van der Waals surface area contributed by atoms with Gasteiger partial charge in [0.05, 0.1) is 0 Å². The Kier molecular flexibility index (Phi) is 1.72. The first-order valence-corrected chi connectivity index (χ1v) is 4.93. The molecule has 0 spiro atoms. The Bertz CT molecular complexity index is 475. The van der Waals surface area contributed by atoms with E-state index in [1.54, 1.807) is 4.52 Å². The van der Waals surface area contributed by atoms with Crippen LogP contribution in [0.5, 0.6) is 0 Å². The summed E-state index contributed by atoms with van der Waals surface area (Å²) in [5, 5.41) is 8.28. The third-order valence-electron chi connectivity index (χ3n) is 2.46. The predicted molar refractivity (Wildman–Crippen MR) is 53.6 cm³/mol. The van der Waals surface area contributed by atoms with Gasteiger partial charge < -0.3 is 5.32 Å². The highest BCUT2D eigenvalue weighted by Crippen LogP contribution is 2.18. The summed E-state index contributed by atoms with van der Waals surface area (Å²) >= 11 is 5.86. The number of fused-ring (bicyclic) bond motifs is 1. The third kappa shape index (κ3) is 1.19. The quantitative estimate of drug-likeness (QED) is 0.763. The summed E-state index contributed by atoms with van der Waals surface area (Å²) in [6.45, 7) is 1.95. The maximum absolute atomic E-state index is 5.86. The van der Waals surface area contributed by atoms with E-state index >= 15 is 0 Å². The lowest BCUT2D eigenvalue weighted by Crippen LogP contribution is -2.40. The van der Waals surface area contributed by atoms with Crippen molar-refractivity contribution in [3.05, 3.63) is 29.2 Å². The van der Waals surface area contributed by atoms with Crippen LogP contribution in [0, 0.1) is 0 Å².